The molecule has 0 fully saturated rings. The fourth-order valence-corrected chi connectivity index (χ4v) is 2.19. The van der Waals surface area contributed by atoms with Crippen molar-refractivity contribution in [1.82, 2.24) is 0 Å². The van der Waals surface area contributed by atoms with Crippen LogP contribution in [0.5, 0.6) is 0 Å². The van der Waals surface area contributed by atoms with E-state index >= 15 is 0 Å². The average molecular weight is 290 g/mol. The molecule has 0 aliphatic rings. The standard InChI is InChI=1S/C17H22O4/c1-19-9-10-20-11-12-21-13-17(18)16-8-4-6-14-5-2-3-7-15(14)16/h2-8,17-18H,9-13H2,1H3. The number of ether oxygens (including phenoxy) is 3. The van der Waals surface area contributed by atoms with E-state index in [1.165, 1.54) is 0 Å². The highest BCUT2D eigenvalue weighted by Crippen LogP contribution is 2.24. The first-order valence-electron chi connectivity index (χ1n) is 7.13. The minimum absolute atomic E-state index is 0.266. The molecule has 0 amide bonds. The Kier molecular flexibility index (Phi) is 6.63. The monoisotopic (exact) mass is 290 g/mol. The molecule has 4 nitrogen and oxygen atoms in total. The number of rotatable bonds is 9. The molecule has 4 heteroatoms. The molecule has 2 aromatic rings. The molecule has 2 aromatic carbocycles. The molecule has 0 saturated carbocycles. The molecule has 0 aromatic heterocycles. The van der Waals surface area contributed by atoms with E-state index in [0.717, 1.165) is 16.3 Å². The van der Waals surface area contributed by atoms with Gasteiger partial charge < -0.3 is 19.3 Å². The van der Waals surface area contributed by atoms with Gasteiger partial charge in [-0.25, -0.2) is 0 Å². The van der Waals surface area contributed by atoms with Crippen LogP contribution in [0.2, 0.25) is 0 Å². The van der Waals surface area contributed by atoms with E-state index in [0.29, 0.717) is 26.4 Å². The van der Waals surface area contributed by atoms with E-state index in [1.54, 1.807) is 7.11 Å². The summed E-state index contributed by atoms with van der Waals surface area (Å²) in [6.45, 7) is 2.38. The minimum atomic E-state index is -0.630. The summed E-state index contributed by atoms with van der Waals surface area (Å²) in [6.07, 6.45) is -0.630. The normalized spacial score (nSPS) is 12.7. The number of aliphatic hydroxyl groups excluding tert-OH is 1. The maximum absolute atomic E-state index is 10.3. The minimum Gasteiger partial charge on any atom is -0.386 e. The third kappa shape index (κ3) is 4.79. The number of aliphatic hydroxyl groups is 1. The zero-order valence-electron chi connectivity index (χ0n) is 12.3. The van der Waals surface area contributed by atoms with E-state index < -0.39 is 6.10 Å². The van der Waals surface area contributed by atoms with E-state index in [-0.39, 0.29) is 6.61 Å². The number of benzene rings is 2. The summed E-state index contributed by atoms with van der Waals surface area (Å²) in [6, 6.07) is 13.9. The molecule has 1 N–H and O–H groups in total. The molecule has 0 bridgehead atoms. The fourth-order valence-electron chi connectivity index (χ4n) is 2.19. The van der Waals surface area contributed by atoms with Gasteiger partial charge in [0.15, 0.2) is 0 Å². The maximum atomic E-state index is 10.3. The molecular weight excluding hydrogens is 268 g/mol. The van der Waals surface area contributed by atoms with Gasteiger partial charge in [-0.05, 0) is 16.3 Å². The lowest BCUT2D eigenvalue weighted by atomic mass is 10.0. The van der Waals surface area contributed by atoms with Crippen molar-refractivity contribution in [1.29, 1.82) is 0 Å². The van der Waals surface area contributed by atoms with Gasteiger partial charge in [0.2, 0.25) is 0 Å². The zero-order valence-corrected chi connectivity index (χ0v) is 12.3. The largest absolute Gasteiger partial charge is 0.386 e. The summed E-state index contributed by atoms with van der Waals surface area (Å²) in [4.78, 5) is 0. The van der Waals surface area contributed by atoms with Crippen LogP contribution in [-0.4, -0.2) is 45.3 Å². The molecule has 114 valence electrons. The van der Waals surface area contributed by atoms with Gasteiger partial charge >= 0.3 is 0 Å². The van der Waals surface area contributed by atoms with Crippen molar-refractivity contribution in [3.63, 3.8) is 0 Å². The Morgan fingerprint density at radius 1 is 0.905 bits per heavy atom. The van der Waals surface area contributed by atoms with E-state index in [2.05, 4.69) is 0 Å². The molecule has 1 unspecified atom stereocenters. The van der Waals surface area contributed by atoms with Crippen LogP contribution >= 0.6 is 0 Å². The van der Waals surface area contributed by atoms with Crippen molar-refractivity contribution >= 4 is 10.8 Å². The Morgan fingerprint density at radius 2 is 1.62 bits per heavy atom. The quantitative estimate of drug-likeness (QED) is 0.721. The van der Waals surface area contributed by atoms with E-state index in [4.69, 9.17) is 14.2 Å². The van der Waals surface area contributed by atoms with E-state index in [1.807, 2.05) is 42.5 Å². The Bertz CT molecular complexity index is 536. The molecule has 1 atom stereocenters. The third-order valence-electron chi connectivity index (χ3n) is 3.26. The second-order valence-electron chi connectivity index (χ2n) is 4.76. The maximum Gasteiger partial charge on any atom is 0.103 e. The third-order valence-corrected chi connectivity index (χ3v) is 3.26. The molecule has 0 heterocycles. The van der Waals surface area contributed by atoms with Gasteiger partial charge in [-0.2, -0.15) is 0 Å². The Morgan fingerprint density at radius 3 is 2.48 bits per heavy atom. The summed E-state index contributed by atoms with van der Waals surface area (Å²) in [5.74, 6) is 0. The second kappa shape index (κ2) is 8.74. The molecule has 0 spiro atoms. The van der Waals surface area contributed by atoms with Gasteiger partial charge in [-0.15, -0.1) is 0 Å². The predicted octanol–water partition coefficient (Wildman–Crippen LogP) is 2.55. The van der Waals surface area contributed by atoms with Crippen LogP contribution in [0, 0.1) is 0 Å². The highest BCUT2D eigenvalue weighted by molar-refractivity contribution is 5.85. The summed E-state index contributed by atoms with van der Waals surface area (Å²) in [5, 5.41) is 12.5. The second-order valence-corrected chi connectivity index (χ2v) is 4.76. The van der Waals surface area contributed by atoms with Crippen molar-refractivity contribution in [2.45, 2.75) is 6.10 Å². The Balaban J connectivity index is 1.81. The van der Waals surface area contributed by atoms with Crippen molar-refractivity contribution in [3.8, 4) is 0 Å². The summed E-state index contributed by atoms with van der Waals surface area (Å²) in [5.41, 5.74) is 0.897. The molecule has 21 heavy (non-hydrogen) atoms. The number of fused-ring (bicyclic) bond motifs is 1. The van der Waals surface area contributed by atoms with Crippen LogP contribution in [0.25, 0.3) is 10.8 Å². The summed E-state index contributed by atoms with van der Waals surface area (Å²) in [7, 11) is 1.64. The highest BCUT2D eigenvalue weighted by atomic mass is 16.5. The molecule has 0 radical (unpaired) electrons. The summed E-state index contributed by atoms with van der Waals surface area (Å²) < 4.78 is 15.6. The van der Waals surface area contributed by atoms with Crippen molar-refractivity contribution in [2.75, 3.05) is 40.1 Å². The SMILES string of the molecule is COCCOCCOCC(O)c1cccc2ccccc12. The lowest BCUT2D eigenvalue weighted by Gasteiger charge is -2.14. The first-order valence-corrected chi connectivity index (χ1v) is 7.13. The zero-order chi connectivity index (χ0) is 14.9. The Hall–Kier alpha value is -1.46. The smallest absolute Gasteiger partial charge is 0.103 e. The predicted molar refractivity (Wildman–Crippen MR) is 82.4 cm³/mol. The topological polar surface area (TPSA) is 47.9 Å². The highest BCUT2D eigenvalue weighted by Gasteiger charge is 2.10. The van der Waals surface area contributed by atoms with Crippen molar-refractivity contribution < 1.29 is 19.3 Å². The van der Waals surface area contributed by atoms with Crippen LogP contribution in [0.1, 0.15) is 11.7 Å². The van der Waals surface area contributed by atoms with Gasteiger partial charge in [-0.1, -0.05) is 42.5 Å². The van der Waals surface area contributed by atoms with Gasteiger partial charge in [0.25, 0.3) is 0 Å². The average Bonchev–Trinajstić information content (AvgIpc) is 2.53. The van der Waals surface area contributed by atoms with Crippen LogP contribution < -0.4 is 0 Å². The molecule has 0 aliphatic carbocycles. The van der Waals surface area contributed by atoms with Gasteiger partial charge in [0, 0.05) is 7.11 Å². The van der Waals surface area contributed by atoms with E-state index in [9.17, 15) is 5.11 Å². The molecule has 2 rings (SSSR count). The number of hydrogen-bond acceptors (Lipinski definition) is 4. The molecule has 0 aliphatic heterocycles. The van der Waals surface area contributed by atoms with Gasteiger partial charge in [0.05, 0.1) is 33.0 Å². The molecule has 0 saturated heterocycles. The van der Waals surface area contributed by atoms with Crippen molar-refractivity contribution in [3.05, 3.63) is 48.0 Å². The fraction of sp³-hybridized carbons (Fsp3) is 0.412. The van der Waals surface area contributed by atoms with Gasteiger partial charge in [0.1, 0.15) is 6.10 Å². The lowest BCUT2D eigenvalue weighted by Crippen LogP contribution is -2.12. The first kappa shape index (κ1) is 15.9. The number of hydrogen-bond donors (Lipinski definition) is 1. The molecular formula is C17H22O4. The van der Waals surface area contributed by atoms with Crippen LogP contribution in [-0.2, 0) is 14.2 Å². The van der Waals surface area contributed by atoms with Crippen LogP contribution in [0.15, 0.2) is 42.5 Å². The van der Waals surface area contributed by atoms with Crippen molar-refractivity contribution in [2.24, 2.45) is 0 Å². The summed E-state index contributed by atoms with van der Waals surface area (Å²) >= 11 is 0. The van der Waals surface area contributed by atoms with Gasteiger partial charge in [-0.3, -0.25) is 0 Å². The Labute approximate surface area is 125 Å². The lowest BCUT2D eigenvalue weighted by molar-refractivity contribution is -0.00556. The number of methoxy groups -OCH3 is 1. The van der Waals surface area contributed by atoms with Crippen LogP contribution in [0.4, 0.5) is 0 Å². The van der Waals surface area contributed by atoms with Crippen LogP contribution in [0.3, 0.4) is 0 Å². The first-order chi connectivity index (χ1) is 10.3.